The zero-order chi connectivity index (χ0) is 13.4. The Kier molecular flexibility index (Phi) is 3.12. The SMILES string of the molecule is COC1CN(c2cc(Cl)nc(-c3cnn(C)n3)c2)C1. The van der Waals surface area contributed by atoms with Crippen LogP contribution in [-0.2, 0) is 11.8 Å². The van der Waals surface area contributed by atoms with E-state index in [0.29, 0.717) is 11.3 Å². The van der Waals surface area contributed by atoms with E-state index in [-0.39, 0.29) is 0 Å². The van der Waals surface area contributed by atoms with Crippen molar-refractivity contribution >= 4 is 17.3 Å². The molecular weight excluding hydrogens is 266 g/mol. The van der Waals surface area contributed by atoms with Crippen LogP contribution in [0.2, 0.25) is 5.15 Å². The van der Waals surface area contributed by atoms with Crippen molar-refractivity contribution in [2.75, 3.05) is 25.1 Å². The molecule has 0 atom stereocenters. The zero-order valence-electron chi connectivity index (χ0n) is 10.7. The number of nitrogens with zero attached hydrogens (tertiary/aromatic N) is 5. The highest BCUT2D eigenvalue weighted by Gasteiger charge is 2.27. The average Bonchev–Trinajstić information content (AvgIpc) is 2.74. The molecule has 0 bridgehead atoms. The molecule has 100 valence electrons. The number of anilines is 1. The van der Waals surface area contributed by atoms with Gasteiger partial charge in [-0.3, -0.25) is 0 Å². The molecule has 0 amide bonds. The van der Waals surface area contributed by atoms with E-state index < -0.39 is 0 Å². The molecule has 0 unspecified atom stereocenters. The largest absolute Gasteiger partial charge is 0.378 e. The third-order valence-electron chi connectivity index (χ3n) is 3.19. The Hall–Kier alpha value is -1.66. The Bertz CT molecular complexity index is 594. The first kappa shape index (κ1) is 12.4. The minimum atomic E-state index is 0.298. The van der Waals surface area contributed by atoms with E-state index in [0.717, 1.165) is 30.2 Å². The molecule has 2 aromatic heterocycles. The normalized spacial score (nSPS) is 15.6. The lowest BCUT2D eigenvalue weighted by molar-refractivity contribution is 0.0787. The van der Waals surface area contributed by atoms with E-state index in [1.165, 1.54) is 4.80 Å². The van der Waals surface area contributed by atoms with Gasteiger partial charge in [-0.25, -0.2) is 4.98 Å². The van der Waals surface area contributed by atoms with Gasteiger partial charge < -0.3 is 9.64 Å². The average molecular weight is 280 g/mol. The molecule has 3 heterocycles. The molecule has 0 spiro atoms. The molecule has 0 aromatic carbocycles. The molecule has 0 N–H and O–H groups in total. The highest BCUT2D eigenvalue weighted by Crippen LogP contribution is 2.28. The van der Waals surface area contributed by atoms with E-state index in [4.69, 9.17) is 16.3 Å². The highest BCUT2D eigenvalue weighted by atomic mass is 35.5. The summed E-state index contributed by atoms with van der Waals surface area (Å²) in [6.07, 6.45) is 1.98. The maximum Gasteiger partial charge on any atom is 0.131 e. The van der Waals surface area contributed by atoms with Crippen molar-refractivity contribution in [1.82, 2.24) is 20.0 Å². The van der Waals surface area contributed by atoms with E-state index in [1.54, 1.807) is 20.4 Å². The lowest BCUT2D eigenvalue weighted by atomic mass is 10.1. The molecule has 7 heteroatoms. The lowest BCUT2D eigenvalue weighted by Crippen LogP contribution is -2.51. The molecule has 19 heavy (non-hydrogen) atoms. The van der Waals surface area contributed by atoms with Crippen molar-refractivity contribution in [2.24, 2.45) is 7.05 Å². The van der Waals surface area contributed by atoms with E-state index in [9.17, 15) is 0 Å². The van der Waals surface area contributed by atoms with Crippen molar-refractivity contribution in [3.63, 3.8) is 0 Å². The third-order valence-corrected chi connectivity index (χ3v) is 3.38. The lowest BCUT2D eigenvalue weighted by Gasteiger charge is -2.40. The number of aromatic nitrogens is 4. The van der Waals surface area contributed by atoms with Crippen LogP contribution in [0.3, 0.4) is 0 Å². The van der Waals surface area contributed by atoms with Gasteiger partial charge in [-0.1, -0.05) is 11.6 Å². The predicted octanol–water partition coefficient (Wildman–Crippen LogP) is 1.37. The van der Waals surface area contributed by atoms with Crippen LogP contribution in [0.25, 0.3) is 11.4 Å². The van der Waals surface area contributed by atoms with Crippen molar-refractivity contribution < 1.29 is 4.74 Å². The monoisotopic (exact) mass is 279 g/mol. The summed E-state index contributed by atoms with van der Waals surface area (Å²) in [4.78, 5) is 7.99. The predicted molar refractivity (Wildman–Crippen MR) is 72.3 cm³/mol. The standard InChI is InChI=1S/C12H14ClN5O/c1-17-14-5-11(16-17)10-3-8(4-12(13)15-10)18-6-9(7-18)19-2/h3-5,9H,6-7H2,1-2H3. The Morgan fingerprint density at radius 1 is 1.32 bits per heavy atom. The summed E-state index contributed by atoms with van der Waals surface area (Å²) in [5.74, 6) is 0. The fourth-order valence-corrected chi connectivity index (χ4v) is 2.26. The van der Waals surface area contributed by atoms with Gasteiger partial charge in [-0.15, -0.1) is 0 Å². The molecular formula is C12H14ClN5O. The van der Waals surface area contributed by atoms with Gasteiger partial charge in [-0.2, -0.15) is 15.0 Å². The van der Waals surface area contributed by atoms with Gasteiger partial charge in [0.15, 0.2) is 0 Å². The second-order valence-corrected chi connectivity index (χ2v) is 4.90. The zero-order valence-corrected chi connectivity index (χ0v) is 11.5. The Morgan fingerprint density at radius 3 is 2.74 bits per heavy atom. The van der Waals surface area contributed by atoms with Crippen LogP contribution in [0.1, 0.15) is 0 Å². The number of ether oxygens (including phenoxy) is 1. The minimum absolute atomic E-state index is 0.298. The summed E-state index contributed by atoms with van der Waals surface area (Å²) in [5.41, 5.74) is 2.49. The first-order chi connectivity index (χ1) is 9.15. The van der Waals surface area contributed by atoms with Crippen molar-refractivity contribution in [3.8, 4) is 11.4 Å². The molecule has 2 aromatic rings. The molecule has 1 saturated heterocycles. The van der Waals surface area contributed by atoms with Gasteiger partial charge in [0.05, 0.1) is 18.0 Å². The number of hydrogen-bond donors (Lipinski definition) is 0. The molecule has 0 radical (unpaired) electrons. The van der Waals surface area contributed by atoms with Crippen LogP contribution in [0.4, 0.5) is 5.69 Å². The van der Waals surface area contributed by atoms with Gasteiger partial charge in [0.2, 0.25) is 0 Å². The first-order valence-corrected chi connectivity index (χ1v) is 6.35. The number of aryl methyl sites for hydroxylation is 1. The molecule has 0 aliphatic carbocycles. The quantitative estimate of drug-likeness (QED) is 0.794. The fraction of sp³-hybridized carbons (Fsp3) is 0.417. The Balaban J connectivity index is 1.89. The van der Waals surface area contributed by atoms with Crippen LogP contribution >= 0.6 is 11.6 Å². The smallest absolute Gasteiger partial charge is 0.131 e. The van der Waals surface area contributed by atoms with E-state index in [1.807, 2.05) is 12.1 Å². The minimum Gasteiger partial charge on any atom is -0.378 e. The topological polar surface area (TPSA) is 56.1 Å². The molecule has 1 aliphatic rings. The molecule has 1 aliphatic heterocycles. The number of pyridine rings is 1. The number of halogens is 1. The maximum atomic E-state index is 6.08. The van der Waals surface area contributed by atoms with Gasteiger partial charge in [-0.05, 0) is 12.1 Å². The summed E-state index contributed by atoms with van der Waals surface area (Å²) in [5, 5.41) is 8.74. The molecule has 6 nitrogen and oxygen atoms in total. The number of rotatable bonds is 3. The van der Waals surface area contributed by atoms with Crippen molar-refractivity contribution in [1.29, 1.82) is 0 Å². The van der Waals surface area contributed by atoms with Crippen LogP contribution in [0.15, 0.2) is 18.3 Å². The summed E-state index contributed by atoms with van der Waals surface area (Å²) in [7, 11) is 3.50. The first-order valence-electron chi connectivity index (χ1n) is 5.98. The van der Waals surface area contributed by atoms with Crippen LogP contribution < -0.4 is 4.90 Å². The Labute approximate surface area is 115 Å². The highest BCUT2D eigenvalue weighted by molar-refractivity contribution is 6.29. The van der Waals surface area contributed by atoms with Crippen molar-refractivity contribution in [2.45, 2.75) is 6.10 Å². The van der Waals surface area contributed by atoms with Gasteiger partial charge in [0.1, 0.15) is 10.8 Å². The number of methoxy groups -OCH3 is 1. The van der Waals surface area contributed by atoms with E-state index in [2.05, 4.69) is 20.1 Å². The summed E-state index contributed by atoms with van der Waals surface area (Å²) in [6, 6.07) is 3.83. The Morgan fingerprint density at radius 2 is 2.11 bits per heavy atom. The van der Waals surface area contributed by atoms with Crippen LogP contribution in [0, 0.1) is 0 Å². The summed E-state index contributed by atoms with van der Waals surface area (Å²) >= 11 is 6.08. The molecule has 0 saturated carbocycles. The van der Waals surface area contributed by atoms with E-state index >= 15 is 0 Å². The maximum absolute atomic E-state index is 6.08. The van der Waals surface area contributed by atoms with Gasteiger partial charge >= 0.3 is 0 Å². The second kappa shape index (κ2) is 4.79. The summed E-state index contributed by atoms with van der Waals surface area (Å²) in [6.45, 7) is 1.74. The van der Waals surface area contributed by atoms with Crippen LogP contribution in [-0.4, -0.2) is 46.3 Å². The third kappa shape index (κ3) is 2.41. The second-order valence-electron chi connectivity index (χ2n) is 4.52. The molecule has 3 rings (SSSR count). The van der Waals surface area contributed by atoms with Gasteiger partial charge in [0.25, 0.3) is 0 Å². The van der Waals surface area contributed by atoms with Gasteiger partial charge in [0, 0.05) is 32.9 Å². The fourth-order valence-electron chi connectivity index (χ4n) is 2.06. The number of hydrogen-bond acceptors (Lipinski definition) is 5. The van der Waals surface area contributed by atoms with Crippen molar-refractivity contribution in [3.05, 3.63) is 23.5 Å². The summed E-state index contributed by atoms with van der Waals surface area (Å²) < 4.78 is 5.27. The van der Waals surface area contributed by atoms with Crippen LogP contribution in [0.5, 0.6) is 0 Å². The molecule has 1 fully saturated rings.